The molecule has 2 N–H and O–H groups in total. The van der Waals surface area contributed by atoms with Crippen molar-refractivity contribution in [1.29, 1.82) is 0 Å². The van der Waals surface area contributed by atoms with Crippen LogP contribution in [0.15, 0.2) is 5.38 Å². The molecule has 72 valence electrons. The van der Waals surface area contributed by atoms with Crippen LogP contribution in [0.5, 0.6) is 0 Å². The normalized spacial score (nSPS) is 10.0. The van der Waals surface area contributed by atoms with E-state index in [0.717, 1.165) is 0 Å². The third-order valence-corrected chi connectivity index (χ3v) is 2.43. The molecule has 0 aliphatic carbocycles. The highest BCUT2D eigenvalue weighted by atomic mass is 32.1. The molecule has 13 heavy (non-hydrogen) atoms. The molecule has 0 saturated carbocycles. The Bertz CT molecular complexity index is 300. The lowest BCUT2D eigenvalue weighted by Gasteiger charge is -2.12. The van der Waals surface area contributed by atoms with Crippen molar-refractivity contribution in [3.8, 4) is 0 Å². The van der Waals surface area contributed by atoms with Gasteiger partial charge in [-0.25, -0.2) is 9.78 Å². The van der Waals surface area contributed by atoms with Crippen molar-refractivity contribution in [2.45, 2.75) is 0 Å². The number of likely N-dealkylation sites (N-methyl/N-ethyl adjacent to an activating group) is 1. The first-order chi connectivity index (χ1) is 6.15. The second-order valence-corrected chi connectivity index (χ2v) is 3.30. The third kappa shape index (κ3) is 2.40. The average Bonchev–Trinajstić information content (AvgIpc) is 2.52. The highest BCUT2D eigenvalue weighted by Crippen LogP contribution is 2.18. The van der Waals surface area contributed by atoms with Crippen LogP contribution < -0.4 is 4.90 Å². The molecule has 0 fully saturated rings. The predicted octanol–water partition coefficient (Wildman–Crippen LogP) is 0.270. The second-order valence-electron chi connectivity index (χ2n) is 2.47. The topological polar surface area (TPSA) is 73.7 Å². The predicted molar refractivity (Wildman–Crippen MR) is 49.4 cm³/mol. The van der Waals surface area contributed by atoms with E-state index >= 15 is 0 Å². The van der Waals surface area contributed by atoms with Crippen LogP contribution in [0.3, 0.4) is 0 Å². The fraction of sp³-hybridized carbons (Fsp3) is 0.429. The van der Waals surface area contributed by atoms with E-state index in [0.29, 0.717) is 11.7 Å². The third-order valence-electron chi connectivity index (χ3n) is 1.47. The van der Waals surface area contributed by atoms with Crippen molar-refractivity contribution in [3.05, 3.63) is 11.1 Å². The number of hydrogen-bond donors (Lipinski definition) is 2. The summed E-state index contributed by atoms with van der Waals surface area (Å²) in [7, 11) is 1.75. The van der Waals surface area contributed by atoms with Gasteiger partial charge in [-0.3, -0.25) is 0 Å². The zero-order valence-corrected chi connectivity index (χ0v) is 7.91. The minimum absolute atomic E-state index is 0.0263. The van der Waals surface area contributed by atoms with E-state index in [1.165, 1.54) is 16.7 Å². The molecule has 0 spiro atoms. The molecular weight excluding hydrogens is 192 g/mol. The Morgan fingerprint density at radius 3 is 2.92 bits per heavy atom. The second kappa shape index (κ2) is 4.20. The standard InChI is InChI=1S/C7H10N2O3S/c1-9(2-3-10)7-8-5(4-13-7)6(11)12/h4,10H,2-3H2,1H3,(H,11,12). The summed E-state index contributed by atoms with van der Waals surface area (Å²) in [5, 5.41) is 19.3. The lowest BCUT2D eigenvalue weighted by molar-refractivity contribution is 0.0691. The molecule has 0 saturated heterocycles. The van der Waals surface area contributed by atoms with Gasteiger partial charge in [-0.2, -0.15) is 0 Å². The van der Waals surface area contributed by atoms with Gasteiger partial charge in [0, 0.05) is 19.0 Å². The maximum Gasteiger partial charge on any atom is 0.355 e. The van der Waals surface area contributed by atoms with Gasteiger partial charge in [-0.1, -0.05) is 0 Å². The largest absolute Gasteiger partial charge is 0.476 e. The van der Waals surface area contributed by atoms with Crippen LogP contribution in [0.25, 0.3) is 0 Å². The molecule has 5 nitrogen and oxygen atoms in total. The number of aliphatic hydroxyl groups excluding tert-OH is 1. The van der Waals surface area contributed by atoms with Gasteiger partial charge >= 0.3 is 5.97 Å². The molecule has 6 heteroatoms. The van der Waals surface area contributed by atoms with Gasteiger partial charge in [0.1, 0.15) is 0 Å². The number of rotatable bonds is 4. The van der Waals surface area contributed by atoms with Crippen molar-refractivity contribution in [2.24, 2.45) is 0 Å². The number of nitrogens with zero attached hydrogens (tertiary/aromatic N) is 2. The van der Waals surface area contributed by atoms with Gasteiger partial charge in [0.15, 0.2) is 10.8 Å². The fourth-order valence-electron chi connectivity index (χ4n) is 0.783. The first-order valence-corrected chi connectivity index (χ1v) is 4.54. The minimum atomic E-state index is -1.03. The molecule has 0 aromatic carbocycles. The molecule has 0 atom stereocenters. The van der Waals surface area contributed by atoms with Gasteiger partial charge in [-0.05, 0) is 0 Å². The molecule has 1 aromatic rings. The maximum absolute atomic E-state index is 10.5. The van der Waals surface area contributed by atoms with Crippen LogP contribution in [0.1, 0.15) is 10.5 Å². The first kappa shape index (κ1) is 9.94. The van der Waals surface area contributed by atoms with Crippen LogP contribution in [0.4, 0.5) is 5.13 Å². The summed E-state index contributed by atoms with van der Waals surface area (Å²) < 4.78 is 0. The fourth-order valence-corrected chi connectivity index (χ4v) is 1.58. The Hall–Kier alpha value is -1.14. The van der Waals surface area contributed by atoms with Gasteiger partial charge in [0.2, 0.25) is 0 Å². The van der Waals surface area contributed by atoms with Gasteiger partial charge in [0.05, 0.1) is 6.61 Å². The summed E-state index contributed by atoms with van der Waals surface area (Å²) in [6.07, 6.45) is 0. The van der Waals surface area contributed by atoms with Crippen LogP contribution in [-0.2, 0) is 0 Å². The molecule has 0 radical (unpaired) electrons. The number of thiazole rings is 1. The van der Waals surface area contributed by atoms with Crippen LogP contribution in [0.2, 0.25) is 0 Å². The summed E-state index contributed by atoms with van der Waals surface area (Å²) in [4.78, 5) is 16.0. The van der Waals surface area contributed by atoms with Crippen molar-refractivity contribution in [2.75, 3.05) is 25.1 Å². The molecule has 1 aromatic heterocycles. The quantitative estimate of drug-likeness (QED) is 0.733. The molecule has 1 rings (SSSR count). The van der Waals surface area contributed by atoms with Gasteiger partial charge < -0.3 is 15.1 Å². The monoisotopic (exact) mass is 202 g/mol. The molecule has 0 unspecified atom stereocenters. The zero-order valence-electron chi connectivity index (χ0n) is 7.10. The Labute approximate surface area is 79.3 Å². The number of carboxylic acids is 1. The van der Waals surface area contributed by atoms with Gasteiger partial charge in [0.25, 0.3) is 0 Å². The summed E-state index contributed by atoms with van der Waals surface area (Å²) in [6.45, 7) is 0.477. The minimum Gasteiger partial charge on any atom is -0.476 e. The van der Waals surface area contributed by atoms with Crippen molar-refractivity contribution in [1.82, 2.24) is 4.98 Å². The lowest BCUT2D eigenvalue weighted by Crippen LogP contribution is -2.21. The number of anilines is 1. The first-order valence-electron chi connectivity index (χ1n) is 3.66. The Morgan fingerprint density at radius 2 is 2.46 bits per heavy atom. The lowest BCUT2D eigenvalue weighted by atomic mass is 10.5. The highest BCUT2D eigenvalue weighted by molar-refractivity contribution is 7.13. The number of carbonyl (C=O) groups is 1. The zero-order chi connectivity index (χ0) is 9.84. The molecule has 0 aliphatic rings. The van der Waals surface area contributed by atoms with E-state index in [9.17, 15) is 4.79 Å². The average molecular weight is 202 g/mol. The highest BCUT2D eigenvalue weighted by Gasteiger charge is 2.10. The number of aromatic nitrogens is 1. The van der Waals surface area contributed by atoms with E-state index < -0.39 is 5.97 Å². The number of aliphatic hydroxyl groups is 1. The van der Waals surface area contributed by atoms with Crippen LogP contribution in [-0.4, -0.2) is 41.4 Å². The van der Waals surface area contributed by atoms with E-state index in [4.69, 9.17) is 10.2 Å². The number of carboxylic acid groups (broad SMARTS) is 1. The Morgan fingerprint density at radius 1 is 1.77 bits per heavy atom. The summed E-state index contributed by atoms with van der Waals surface area (Å²) in [5.41, 5.74) is 0.0461. The van der Waals surface area contributed by atoms with E-state index in [-0.39, 0.29) is 12.3 Å². The number of aromatic carboxylic acids is 1. The smallest absolute Gasteiger partial charge is 0.355 e. The molecule has 0 bridgehead atoms. The van der Waals surface area contributed by atoms with Crippen molar-refractivity contribution < 1.29 is 15.0 Å². The maximum atomic E-state index is 10.5. The van der Waals surface area contributed by atoms with Crippen molar-refractivity contribution in [3.63, 3.8) is 0 Å². The summed E-state index contributed by atoms with van der Waals surface area (Å²) in [5.74, 6) is -1.03. The van der Waals surface area contributed by atoms with E-state index in [2.05, 4.69) is 4.98 Å². The molecule has 0 amide bonds. The van der Waals surface area contributed by atoms with Crippen LogP contribution >= 0.6 is 11.3 Å². The summed E-state index contributed by atoms with van der Waals surface area (Å²) in [6, 6.07) is 0. The number of hydrogen-bond acceptors (Lipinski definition) is 5. The SMILES string of the molecule is CN(CCO)c1nc(C(=O)O)cs1. The Kier molecular flexibility index (Phi) is 3.21. The van der Waals surface area contributed by atoms with E-state index in [1.807, 2.05) is 0 Å². The molecular formula is C7H10N2O3S. The summed E-state index contributed by atoms with van der Waals surface area (Å²) >= 11 is 1.25. The van der Waals surface area contributed by atoms with Crippen molar-refractivity contribution >= 4 is 22.4 Å². The molecule has 0 aliphatic heterocycles. The Balaban J connectivity index is 2.73. The van der Waals surface area contributed by atoms with Crippen LogP contribution in [0, 0.1) is 0 Å². The van der Waals surface area contributed by atoms with Gasteiger partial charge in [-0.15, -0.1) is 11.3 Å². The van der Waals surface area contributed by atoms with E-state index in [1.54, 1.807) is 11.9 Å². The molecule has 1 heterocycles.